The second-order valence-corrected chi connectivity index (χ2v) is 21.9. The molecule has 0 amide bonds. The third-order valence-electron chi connectivity index (χ3n) is 13.5. The molecular formula is C59H58N4. The molecule has 0 aliphatic rings. The highest BCUT2D eigenvalue weighted by Crippen LogP contribution is 2.49. The molecule has 63 heavy (non-hydrogen) atoms. The molecule has 0 bridgehead atoms. The third-order valence-corrected chi connectivity index (χ3v) is 13.5. The second kappa shape index (κ2) is 13.7. The van der Waals surface area contributed by atoms with Crippen LogP contribution in [0.5, 0.6) is 0 Å². The van der Waals surface area contributed by atoms with Crippen molar-refractivity contribution in [2.24, 2.45) is 0 Å². The normalized spacial score (nSPS) is 13.1. The van der Waals surface area contributed by atoms with Crippen LogP contribution >= 0.6 is 0 Å². The topological polar surface area (TPSA) is 19.1 Å². The van der Waals surface area contributed by atoms with Crippen molar-refractivity contribution in [1.82, 2.24) is 13.7 Å². The van der Waals surface area contributed by atoms with Crippen LogP contribution in [-0.2, 0) is 21.7 Å². The highest BCUT2D eigenvalue weighted by Gasteiger charge is 2.30. The van der Waals surface area contributed by atoms with Gasteiger partial charge in [-0.15, -0.1) is 0 Å². The summed E-state index contributed by atoms with van der Waals surface area (Å²) in [5.74, 6) is 0. The Balaban J connectivity index is 1.50. The Kier molecular flexibility index (Phi) is 8.82. The van der Waals surface area contributed by atoms with Crippen LogP contribution in [-0.4, -0.2) is 13.7 Å². The molecule has 0 radical (unpaired) electrons. The van der Waals surface area contributed by atoms with Gasteiger partial charge in [0.05, 0.1) is 51.0 Å². The Morgan fingerprint density at radius 1 is 0.349 bits per heavy atom. The van der Waals surface area contributed by atoms with Crippen molar-refractivity contribution < 1.29 is 0 Å². The minimum atomic E-state index is -0.0484. The Morgan fingerprint density at radius 3 is 1.11 bits per heavy atom. The van der Waals surface area contributed by atoms with E-state index in [2.05, 4.69) is 235 Å². The average molecular weight is 823 g/mol. The van der Waals surface area contributed by atoms with Crippen molar-refractivity contribution >= 4 is 71.1 Å². The standard InChI is InChI=1S/C59H58N4/c1-56(2,3)36-23-27-49-42(31-36)43-32-37(57(4,5)6)24-28-50(43)62(49)54-47(60-13)35-46-41-21-17-18-22-48(41)61(40-19-15-14-16-20-40)53(46)55(54)63-51-29-25-38(58(7,8)9)33-44(51)45-34-39(59(10,11)12)26-30-52(45)63/h14-35H,1-12H3. The van der Waals surface area contributed by atoms with Crippen LogP contribution in [0.1, 0.15) is 105 Å². The van der Waals surface area contributed by atoms with E-state index in [9.17, 15) is 0 Å². The van der Waals surface area contributed by atoms with E-state index in [1.807, 2.05) is 0 Å². The van der Waals surface area contributed by atoms with E-state index >= 15 is 0 Å². The summed E-state index contributed by atoms with van der Waals surface area (Å²) in [6.45, 7) is 36.6. The lowest BCUT2D eigenvalue weighted by Gasteiger charge is -2.23. The smallest absolute Gasteiger partial charge is 0.213 e. The molecule has 0 fully saturated rings. The largest absolute Gasteiger partial charge is 0.317 e. The molecule has 3 heterocycles. The fraction of sp³-hybridized carbons (Fsp3) is 0.271. The van der Waals surface area contributed by atoms with Gasteiger partial charge in [0.15, 0.2) is 0 Å². The van der Waals surface area contributed by atoms with Gasteiger partial charge in [0.25, 0.3) is 0 Å². The monoisotopic (exact) mass is 822 g/mol. The number of hydrogen-bond donors (Lipinski definition) is 0. The van der Waals surface area contributed by atoms with E-state index in [-0.39, 0.29) is 21.7 Å². The van der Waals surface area contributed by atoms with Crippen molar-refractivity contribution in [3.8, 4) is 17.1 Å². The van der Waals surface area contributed by atoms with Gasteiger partial charge < -0.3 is 13.7 Å². The summed E-state index contributed by atoms with van der Waals surface area (Å²) in [5, 5.41) is 6.99. The Morgan fingerprint density at radius 2 is 0.714 bits per heavy atom. The molecule has 3 aromatic heterocycles. The van der Waals surface area contributed by atoms with Crippen molar-refractivity contribution in [2.45, 2.75) is 105 Å². The van der Waals surface area contributed by atoms with Gasteiger partial charge in [0, 0.05) is 32.6 Å². The summed E-state index contributed by atoms with van der Waals surface area (Å²) in [5.41, 5.74) is 15.1. The zero-order valence-electron chi connectivity index (χ0n) is 39.0. The molecule has 0 spiro atoms. The quantitative estimate of drug-likeness (QED) is 0.158. The Bertz CT molecular complexity index is 3390. The zero-order valence-corrected chi connectivity index (χ0v) is 39.0. The lowest BCUT2D eigenvalue weighted by atomic mass is 9.85. The highest BCUT2D eigenvalue weighted by atomic mass is 15.1. The van der Waals surface area contributed by atoms with Crippen LogP contribution in [0.3, 0.4) is 0 Å². The number of fused-ring (bicyclic) bond motifs is 9. The number of aromatic nitrogens is 3. The van der Waals surface area contributed by atoms with Gasteiger partial charge in [-0.25, -0.2) is 4.85 Å². The first kappa shape index (κ1) is 40.5. The molecule has 0 unspecified atom stereocenters. The first-order chi connectivity index (χ1) is 29.8. The van der Waals surface area contributed by atoms with E-state index in [1.54, 1.807) is 0 Å². The van der Waals surface area contributed by atoms with E-state index in [1.165, 1.54) is 43.8 Å². The van der Waals surface area contributed by atoms with Crippen molar-refractivity contribution in [1.29, 1.82) is 0 Å². The number of rotatable bonds is 3. The van der Waals surface area contributed by atoms with Gasteiger partial charge in [-0.05, 0) is 122 Å². The third kappa shape index (κ3) is 6.30. The van der Waals surface area contributed by atoms with Crippen LogP contribution in [0.2, 0.25) is 0 Å². The minimum absolute atomic E-state index is 0.0482. The van der Waals surface area contributed by atoms with Crippen molar-refractivity contribution in [3.05, 3.63) is 167 Å². The maximum atomic E-state index is 9.13. The molecule has 0 atom stereocenters. The molecule has 314 valence electrons. The summed E-state index contributed by atoms with van der Waals surface area (Å²) in [6, 6.07) is 49.7. The summed E-state index contributed by atoms with van der Waals surface area (Å²) in [6.07, 6.45) is 0. The molecule has 10 aromatic rings. The van der Waals surface area contributed by atoms with E-state index in [0.717, 1.165) is 60.9 Å². The van der Waals surface area contributed by atoms with Gasteiger partial charge in [0.2, 0.25) is 5.69 Å². The average Bonchev–Trinajstić information content (AvgIpc) is 3.86. The van der Waals surface area contributed by atoms with Crippen molar-refractivity contribution in [3.63, 3.8) is 0 Å². The molecule has 10 rings (SSSR count). The fourth-order valence-corrected chi connectivity index (χ4v) is 9.84. The van der Waals surface area contributed by atoms with Gasteiger partial charge in [-0.1, -0.05) is 144 Å². The molecule has 0 aliphatic heterocycles. The maximum Gasteiger partial charge on any atom is 0.213 e. The predicted octanol–water partition coefficient (Wildman–Crippen LogP) is 16.7. The van der Waals surface area contributed by atoms with Crippen LogP contribution in [0.4, 0.5) is 5.69 Å². The lowest BCUT2D eigenvalue weighted by Crippen LogP contribution is -2.11. The molecule has 7 aromatic carbocycles. The second-order valence-electron chi connectivity index (χ2n) is 21.9. The highest BCUT2D eigenvalue weighted by molar-refractivity contribution is 6.19. The summed E-state index contributed by atoms with van der Waals surface area (Å²) in [4.78, 5) is 4.52. The van der Waals surface area contributed by atoms with Gasteiger partial charge in [0.1, 0.15) is 0 Å². The van der Waals surface area contributed by atoms with Gasteiger partial charge in [-0.3, -0.25) is 0 Å². The van der Waals surface area contributed by atoms with E-state index in [0.29, 0.717) is 5.69 Å². The summed E-state index contributed by atoms with van der Waals surface area (Å²) >= 11 is 0. The Labute approximate surface area is 372 Å². The molecule has 0 saturated carbocycles. The number of nitrogens with zero attached hydrogens (tertiary/aromatic N) is 4. The predicted molar refractivity (Wildman–Crippen MR) is 271 cm³/mol. The SMILES string of the molecule is [C-]#[N+]c1cc2c3ccccc3n(-c3ccccc3)c2c(-n2c3ccc(C(C)(C)C)cc3c3cc(C(C)(C)C)ccc32)c1-n1c2ccc(C(C)(C)C)cc2c2cc(C(C)(C)C)ccc21. The number of hydrogen-bond acceptors (Lipinski definition) is 0. The van der Waals surface area contributed by atoms with Crippen LogP contribution in [0.15, 0.2) is 133 Å². The lowest BCUT2D eigenvalue weighted by molar-refractivity contribution is 0.590. The van der Waals surface area contributed by atoms with Crippen molar-refractivity contribution in [2.75, 3.05) is 0 Å². The first-order valence-electron chi connectivity index (χ1n) is 22.5. The molecule has 4 heteroatoms. The molecular weight excluding hydrogens is 765 g/mol. The molecule has 4 nitrogen and oxygen atoms in total. The first-order valence-corrected chi connectivity index (χ1v) is 22.5. The molecule has 0 N–H and O–H groups in total. The minimum Gasteiger partial charge on any atom is -0.317 e. The van der Waals surface area contributed by atoms with Gasteiger partial charge >= 0.3 is 0 Å². The molecule has 0 saturated heterocycles. The van der Waals surface area contributed by atoms with Crippen LogP contribution in [0, 0.1) is 6.57 Å². The summed E-state index contributed by atoms with van der Waals surface area (Å²) in [7, 11) is 0. The van der Waals surface area contributed by atoms with Gasteiger partial charge in [-0.2, -0.15) is 0 Å². The van der Waals surface area contributed by atoms with E-state index in [4.69, 9.17) is 6.57 Å². The zero-order chi connectivity index (χ0) is 44.5. The number of para-hydroxylation sites is 2. The van der Waals surface area contributed by atoms with Crippen LogP contribution in [0.25, 0.3) is 87.3 Å². The Hall–Kier alpha value is -6.57. The number of benzene rings is 7. The maximum absolute atomic E-state index is 9.13. The molecule has 0 aliphatic carbocycles. The van der Waals surface area contributed by atoms with Crippen LogP contribution < -0.4 is 0 Å². The van der Waals surface area contributed by atoms with E-state index < -0.39 is 0 Å². The fourth-order valence-electron chi connectivity index (χ4n) is 9.84. The summed E-state index contributed by atoms with van der Waals surface area (Å²) < 4.78 is 7.35.